The van der Waals surface area contributed by atoms with E-state index in [0.29, 0.717) is 6.61 Å². The first kappa shape index (κ1) is 18.0. The van der Waals surface area contributed by atoms with Crippen molar-refractivity contribution in [3.05, 3.63) is 60.2 Å². The smallest absolute Gasteiger partial charge is 0.248 e. The SMILES string of the molecule is CCOc1ccccc1C=CC(=O)Nc1ccc(N2CCOCC2)cc1. The molecule has 0 spiro atoms. The monoisotopic (exact) mass is 352 g/mol. The van der Waals surface area contributed by atoms with Crippen LogP contribution in [-0.2, 0) is 9.53 Å². The van der Waals surface area contributed by atoms with Crippen molar-refractivity contribution in [2.75, 3.05) is 43.1 Å². The minimum Gasteiger partial charge on any atom is -0.493 e. The molecular formula is C21H24N2O3. The van der Waals surface area contributed by atoms with Gasteiger partial charge in [0.1, 0.15) is 5.75 Å². The van der Waals surface area contributed by atoms with Gasteiger partial charge in [-0.05, 0) is 43.3 Å². The Hall–Kier alpha value is -2.79. The molecule has 26 heavy (non-hydrogen) atoms. The zero-order valence-corrected chi connectivity index (χ0v) is 15.0. The number of rotatable bonds is 6. The molecule has 1 saturated heterocycles. The number of carbonyl (C=O) groups is 1. The van der Waals surface area contributed by atoms with Crippen LogP contribution in [0.15, 0.2) is 54.6 Å². The van der Waals surface area contributed by atoms with Crippen LogP contribution in [0.4, 0.5) is 11.4 Å². The van der Waals surface area contributed by atoms with Crippen molar-refractivity contribution in [1.82, 2.24) is 0 Å². The third kappa shape index (κ3) is 4.86. The molecule has 1 amide bonds. The van der Waals surface area contributed by atoms with Crippen LogP contribution in [0.3, 0.4) is 0 Å². The molecule has 1 heterocycles. The van der Waals surface area contributed by atoms with Crippen LogP contribution in [0.25, 0.3) is 6.08 Å². The molecule has 0 radical (unpaired) electrons. The summed E-state index contributed by atoms with van der Waals surface area (Å²) in [6, 6.07) is 15.5. The minimum atomic E-state index is -0.171. The van der Waals surface area contributed by atoms with Gasteiger partial charge in [-0.3, -0.25) is 4.79 Å². The maximum atomic E-state index is 12.2. The summed E-state index contributed by atoms with van der Waals surface area (Å²) in [4.78, 5) is 14.5. The highest BCUT2D eigenvalue weighted by Crippen LogP contribution is 2.20. The van der Waals surface area contributed by atoms with Gasteiger partial charge in [-0.1, -0.05) is 18.2 Å². The largest absolute Gasteiger partial charge is 0.493 e. The molecule has 1 aliphatic heterocycles. The summed E-state index contributed by atoms with van der Waals surface area (Å²) in [5.41, 5.74) is 2.80. The predicted octanol–water partition coefficient (Wildman–Crippen LogP) is 3.57. The van der Waals surface area contributed by atoms with Crippen LogP contribution in [0.1, 0.15) is 12.5 Å². The Morgan fingerprint density at radius 3 is 2.62 bits per heavy atom. The molecule has 0 bridgehead atoms. The highest BCUT2D eigenvalue weighted by atomic mass is 16.5. The molecule has 1 fully saturated rings. The first-order valence-electron chi connectivity index (χ1n) is 8.90. The summed E-state index contributed by atoms with van der Waals surface area (Å²) in [6.45, 7) is 5.83. The van der Waals surface area contributed by atoms with E-state index in [0.717, 1.165) is 49.0 Å². The number of hydrogen-bond acceptors (Lipinski definition) is 4. The fourth-order valence-corrected chi connectivity index (χ4v) is 2.83. The summed E-state index contributed by atoms with van der Waals surface area (Å²) in [7, 11) is 0. The summed E-state index contributed by atoms with van der Waals surface area (Å²) in [5, 5.41) is 2.88. The first-order valence-corrected chi connectivity index (χ1v) is 8.90. The van der Waals surface area contributed by atoms with E-state index in [1.54, 1.807) is 6.08 Å². The van der Waals surface area contributed by atoms with Crippen LogP contribution in [0.5, 0.6) is 5.75 Å². The van der Waals surface area contributed by atoms with E-state index in [9.17, 15) is 4.79 Å². The molecule has 2 aromatic rings. The highest BCUT2D eigenvalue weighted by molar-refractivity contribution is 6.02. The van der Waals surface area contributed by atoms with E-state index in [1.807, 2.05) is 55.5 Å². The average Bonchev–Trinajstić information content (AvgIpc) is 2.69. The van der Waals surface area contributed by atoms with Gasteiger partial charge in [-0.15, -0.1) is 0 Å². The number of ether oxygens (including phenoxy) is 2. The number of nitrogens with zero attached hydrogens (tertiary/aromatic N) is 1. The second kappa shape index (κ2) is 9.06. The van der Waals surface area contributed by atoms with Gasteiger partial charge in [0, 0.05) is 36.1 Å². The lowest BCUT2D eigenvalue weighted by molar-refractivity contribution is -0.111. The van der Waals surface area contributed by atoms with E-state index in [1.165, 1.54) is 6.08 Å². The molecule has 5 heteroatoms. The standard InChI is InChI=1S/C21H24N2O3/c1-2-26-20-6-4-3-5-17(20)7-12-21(24)22-18-8-10-19(11-9-18)23-13-15-25-16-14-23/h3-12H,2,13-16H2,1H3,(H,22,24). The number of para-hydroxylation sites is 1. The molecule has 0 aromatic heterocycles. The second-order valence-electron chi connectivity index (χ2n) is 5.94. The molecule has 0 unspecified atom stereocenters. The van der Waals surface area contributed by atoms with Crippen molar-refractivity contribution < 1.29 is 14.3 Å². The van der Waals surface area contributed by atoms with Gasteiger partial charge in [-0.2, -0.15) is 0 Å². The summed E-state index contributed by atoms with van der Waals surface area (Å²) < 4.78 is 10.9. The molecule has 2 aromatic carbocycles. The molecule has 136 valence electrons. The quantitative estimate of drug-likeness (QED) is 0.808. The van der Waals surface area contributed by atoms with Crippen molar-refractivity contribution in [2.45, 2.75) is 6.92 Å². The molecule has 0 saturated carbocycles. The second-order valence-corrected chi connectivity index (χ2v) is 5.94. The zero-order chi connectivity index (χ0) is 18.2. The molecular weight excluding hydrogens is 328 g/mol. The van der Waals surface area contributed by atoms with Gasteiger partial charge >= 0.3 is 0 Å². The molecule has 1 N–H and O–H groups in total. The van der Waals surface area contributed by atoms with E-state index in [2.05, 4.69) is 10.2 Å². The van der Waals surface area contributed by atoms with Gasteiger partial charge < -0.3 is 19.7 Å². The van der Waals surface area contributed by atoms with Crippen LogP contribution in [0.2, 0.25) is 0 Å². The van der Waals surface area contributed by atoms with E-state index in [-0.39, 0.29) is 5.91 Å². The number of carbonyl (C=O) groups excluding carboxylic acids is 1. The Balaban J connectivity index is 1.59. The molecule has 5 nitrogen and oxygen atoms in total. The van der Waals surface area contributed by atoms with Crippen LogP contribution in [-0.4, -0.2) is 38.8 Å². The number of benzene rings is 2. The van der Waals surface area contributed by atoms with Crippen molar-refractivity contribution >= 4 is 23.4 Å². The predicted molar refractivity (Wildman–Crippen MR) is 105 cm³/mol. The Bertz CT molecular complexity index is 750. The summed E-state index contributed by atoms with van der Waals surface area (Å²) >= 11 is 0. The van der Waals surface area contributed by atoms with Crippen molar-refractivity contribution in [3.8, 4) is 5.75 Å². The van der Waals surface area contributed by atoms with Crippen LogP contribution < -0.4 is 15.0 Å². The number of amides is 1. The zero-order valence-electron chi connectivity index (χ0n) is 15.0. The lowest BCUT2D eigenvalue weighted by atomic mass is 10.2. The van der Waals surface area contributed by atoms with Gasteiger partial charge in [0.2, 0.25) is 5.91 Å². The van der Waals surface area contributed by atoms with Crippen molar-refractivity contribution in [1.29, 1.82) is 0 Å². The minimum absolute atomic E-state index is 0.171. The molecule has 0 atom stereocenters. The lowest BCUT2D eigenvalue weighted by Crippen LogP contribution is -2.36. The van der Waals surface area contributed by atoms with E-state index >= 15 is 0 Å². The van der Waals surface area contributed by atoms with E-state index in [4.69, 9.17) is 9.47 Å². The van der Waals surface area contributed by atoms with Gasteiger partial charge in [0.15, 0.2) is 0 Å². The van der Waals surface area contributed by atoms with Crippen LogP contribution >= 0.6 is 0 Å². The first-order chi connectivity index (χ1) is 12.8. The number of anilines is 2. The fraction of sp³-hybridized carbons (Fsp3) is 0.286. The van der Waals surface area contributed by atoms with Crippen molar-refractivity contribution in [3.63, 3.8) is 0 Å². The summed E-state index contributed by atoms with van der Waals surface area (Å²) in [6.07, 6.45) is 3.29. The Morgan fingerprint density at radius 2 is 1.88 bits per heavy atom. The number of hydrogen-bond donors (Lipinski definition) is 1. The lowest BCUT2D eigenvalue weighted by Gasteiger charge is -2.28. The molecule has 3 rings (SSSR count). The van der Waals surface area contributed by atoms with Crippen molar-refractivity contribution in [2.24, 2.45) is 0 Å². The summed E-state index contributed by atoms with van der Waals surface area (Å²) in [5.74, 6) is 0.601. The topological polar surface area (TPSA) is 50.8 Å². The third-order valence-electron chi connectivity index (χ3n) is 4.14. The molecule has 1 aliphatic rings. The average molecular weight is 352 g/mol. The van der Waals surface area contributed by atoms with Gasteiger partial charge in [0.25, 0.3) is 0 Å². The third-order valence-corrected chi connectivity index (χ3v) is 4.14. The normalized spacial score (nSPS) is 14.4. The van der Waals surface area contributed by atoms with E-state index < -0.39 is 0 Å². The van der Waals surface area contributed by atoms with Crippen LogP contribution in [0, 0.1) is 0 Å². The number of morpholine rings is 1. The highest BCUT2D eigenvalue weighted by Gasteiger charge is 2.10. The van der Waals surface area contributed by atoms with Gasteiger partial charge in [0.05, 0.1) is 19.8 Å². The van der Waals surface area contributed by atoms with Gasteiger partial charge in [-0.25, -0.2) is 0 Å². The Kier molecular flexibility index (Phi) is 6.28. The maximum absolute atomic E-state index is 12.2. The molecule has 0 aliphatic carbocycles. The maximum Gasteiger partial charge on any atom is 0.248 e. The Morgan fingerprint density at radius 1 is 1.15 bits per heavy atom. The fourth-order valence-electron chi connectivity index (χ4n) is 2.83. The number of nitrogens with one attached hydrogen (secondary N) is 1. The Labute approximate surface area is 154 Å².